The number of hydrogen-bond donors (Lipinski definition) is 3. The van der Waals surface area contributed by atoms with Crippen molar-refractivity contribution in [3.63, 3.8) is 0 Å². The summed E-state index contributed by atoms with van der Waals surface area (Å²) >= 11 is 0. The maximum Gasteiger partial charge on any atom is 0.323 e. The summed E-state index contributed by atoms with van der Waals surface area (Å²) < 4.78 is 11.0. The molecule has 4 aromatic rings. The Morgan fingerprint density at radius 2 is 1.53 bits per heavy atom. The molecule has 224 valence electrons. The molecule has 1 fully saturated rings. The first-order valence-electron chi connectivity index (χ1n) is 14.8. The fraction of sp³-hybridized carbons (Fsp3) is 0.294. The Bertz CT molecular complexity index is 1550. The molecule has 1 saturated heterocycles. The highest BCUT2D eigenvalue weighted by atomic mass is 16.5. The van der Waals surface area contributed by atoms with Gasteiger partial charge >= 0.3 is 6.03 Å². The zero-order valence-corrected chi connectivity index (χ0v) is 24.8. The molecular weight excluding hydrogens is 542 g/mol. The summed E-state index contributed by atoms with van der Waals surface area (Å²) in [4.78, 5) is 31.0. The first-order valence-corrected chi connectivity index (χ1v) is 14.8. The highest BCUT2D eigenvalue weighted by Gasteiger charge is 2.24. The Kier molecular flexibility index (Phi) is 9.97. The number of nitrogens with one attached hydrogen (secondary N) is 3. The summed E-state index contributed by atoms with van der Waals surface area (Å²) in [6, 6.07) is 26.8. The van der Waals surface area contributed by atoms with Crippen molar-refractivity contribution in [3.8, 4) is 5.75 Å². The number of piperazine rings is 1. The fourth-order valence-electron chi connectivity index (χ4n) is 5.39. The minimum Gasteiger partial charge on any atom is -0.495 e. The second-order valence-corrected chi connectivity index (χ2v) is 10.3. The number of carbonyl (C=O) groups is 2. The number of urea groups is 1. The molecular formula is C34H39N5O4. The van der Waals surface area contributed by atoms with Crippen molar-refractivity contribution in [1.82, 2.24) is 5.32 Å². The monoisotopic (exact) mass is 581 g/mol. The molecule has 9 nitrogen and oxygen atoms in total. The van der Waals surface area contributed by atoms with Crippen LogP contribution in [0, 0.1) is 0 Å². The lowest BCUT2D eigenvalue weighted by atomic mass is 10.1. The van der Waals surface area contributed by atoms with E-state index in [4.69, 9.17) is 9.47 Å². The van der Waals surface area contributed by atoms with E-state index < -0.39 is 0 Å². The molecule has 3 N–H and O–H groups in total. The molecule has 3 amide bonds. The summed E-state index contributed by atoms with van der Waals surface area (Å²) in [5.74, 6) is 0.664. The normalized spacial score (nSPS) is 13.1. The second kappa shape index (κ2) is 14.4. The van der Waals surface area contributed by atoms with Gasteiger partial charge in [-0.15, -0.1) is 0 Å². The molecule has 43 heavy (non-hydrogen) atoms. The highest BCUT2D eigenvalue weighted by molar-refractivity contribution is 6.07. The van der Waals surface area contributed by atoms with E-state index in [1.807, 2.05) is 79.7 Å². The van der Waals surface area contributed by atoms with Crippen LogP contribution in [-0.4, -0.2) is 65.0 Å². The number of ether oxygens (including phenoxy) is 2. The Morgan fingerprint density at radius 1 is 0.814 bits per heavy atom. The van der Waals surface area contributed by atoms with Gasteiger partial charge in [-0.25, -0.2) is 4.79 Å². The Hall–Kier alpha value is -4.76. The quantitative estimate of drug-likeness (QED) is 0.189. The van der Waals surface area contributed by atoms with Crippen molar-refractivity contribution < 1.29 is 19.1 Å². The second-order valence-electron chi connectivity index (χ2n) is 10.3. The van der Waals surface area contributed by atoms with Crippen LogP contribution in [0.3, 0.4) is 0 Å². The van der Waals surface area contributed by atoms with Gasteiger partial charge in [0, 0.05) is 62.7 Å². The minimum absolute atomic E-state index is 0.184. The summed E-state index contributed by atoms with van der Waals surface area (Å²) in [5.41, 5.74) is 3.67. The third-order valence-corrected chi connectivity index (χ3v) is 7.54. The average Bonchev–Trinajstić information content (AvgIpc) is 3.05. The van der Waals surface area contributed by atoms with Crippen molar-refractivity contribution in [2.45, 2.75) is 13.3 Å². The molecule has 1 aliphatic heterocycles. The van der Waals surface area contributed by atoms with Crippen LogP contribution in [0.1, 0.15) is 23.7 Å². The van der Waals surface area contributed by atoms with E-state index in [-0.39, 0.29) is 11.9 Å². The van der Waals surface area contributed by atoms with Gasteiger partial charge < -0.3 is 35.2 Å². The molecule has 0 unspecified atom stereocenters. The molecule has 0 saturated carbocycles. The maximum atomic E-state index is 13.5. The van der Waals surface area contributed by atoms with Crippen LogP contribution in [0.15, 0.2) is 84.9 Å². The number of anilines is 4. The van der Waals surface area contributed by atoms with E-state index in [1.54, 1.807) is 13.2 Å². The SMILES string of the molecule is CCOCCCNC(=O)c1cc(NC(=O)Nc2cccc3ccccc23)ccc1N1CCN(c2ccccc2OC)CC1. The smallest absolute Gasteiger partial charge is 0.323 e. The van der Waals surface area contributed by atoms with Crippen molar-refractivity contribution in [1.29, 1.82) is 0 Å². The van der Waals surface area contributed by atoms with Crippen LogP contribution in [0.25, 0.3) is 10.8 Å². The highest BCUT2D eigenvalue weighted by Crippen LogP contribution is 2.31. The average molecular weight is 582 g/mol. The minimum atomic E-state index is -0.377. The molecule has 0 radical (unpaired) electrons. The number of rotatable bonds is 11. The topological polar surface area (TPSA) is 95.2 Å². The van der Waals surface area contributed by atoms with E-state index in [0.29, 0.717) is 36.7 Å². The number of nitrogens with zero attached hydrogens (tertiary/aromatic N) is 2. The van der Waals surface area contributed by atoms with Gasteiger partial charge in [-0.1, -0.05) is 48.5 Å². The summed E-state index contributed by atoms with van der Waals surface area (Å²) in [5, 5.41) is 10.9. The van der Waals surface area contributed by atoms with Gasteiger partial charge in [-0.05, 0) is 55.1 Å². The van der Waals surface area contributed by atoms with Gasteiger partial charge in [0.2, 0.25) is 0 Å². The predicted octanol–water partition coefficient (Wildman–Crippen LogP) is 5.98. The summed E-state index contributed by atoms with van der Waals surface area (Å²) in [6.07, 6.45) is 0.720. The van der Waals surface area contributed by atoms with Gasteiger partial charge in [0.25, 0.3) is 5.91 Å². The number of carbonyl (C=O) groups excluding carboxylic acids is 2. The third kappa shape index (κ3) is 7.37. The van der Waals surface area contributed by atoms with Crippen molar-refractivity contribution >= 4 is 45.5 Å². The number of benzene rings is 4. The Labute approximate surface area is 252 Å². The first kappa shape index (κ1) is 29.7. The van der Waals surface area contributed by atoms with Gasteiger partial charge in [-0.2, -0.15) is 0 Å². The molecule has 0 aliphatic carbocycles. The van der Waals surface area contributed by atoms with Gasteiger partial charge in [-0.3, -0.25) is 4.79 Å². The molecule has 1 heterocycles. The van der Waals surface area contributed by atoms with Gasteiger partial charge in [0.05, 0.1) is 24.0 Å². The first-order chi connectivity index (χ1) is 21.1. The van der Waals surface area contributed by atoms with Crippen LogP contribution in [0.4, 0.5) is 27.5 Å². The zero-order valence-electron chi connectivity index (χ0n) is 24.8. The van der Waals surface area contributed by atoms with Crippen LogP contribution < -0.4 is 30.5 Å². The number of para-hydroxylation sites is 2. The Morgan fingerprint density at radius 3 is 2.33 bits per heavy atom. The van der Waals surface area contributed by atoms with Crippen LogP contribution in [0.2, 0.25) is 0 Å². The van der Waals surface area contributed by atoms with E-state index >= 15 is 0 Å². The number of methoxy groups -OCH3 is 1. The van der Waals surface area contributed by atoms with Crippen LogP contribution in [-0.2, 0) is 4.74 Å². The van der Waals surface area contributed by atoms with E-state index in [0.717, 1.165) is 60.5 Å². The fourth-order valence-corrected chi connectivity index (χ4v) is 5.39. The molecule has 0 spiro atoms. The van der Waals surface area contributed by atoms with Crippen LogP contribution >= 0.6 is 0 Å². The standard InChI is InChI=1S/C34H39N5O4/c1-3-43-23-9-18-35-33(40)28-24-26(36-34(41)37-29-13-8-11-25-10-4-5-12-27(25)29)16-17-30(28)38-19-21-39(22-20-38)31-14-6-7-15-32(31)42-2/h4-8,10-17,24H,3,9,18-23H2,1-2H3,(H,35,40)(H2,36,37,41). The lowest BCUT2D eigenvalue weighted by molar-refractivity contribution is 0.0944. The van der Waals surface area contributed by atoms with Gasteiger partial charge in [0.15, 0.2) is 0 Å². The maximum absolute atomic E-state index is 13.5. The predicted molar refractivity (Wildman–Crippen MR) is 174 cm³/mol. The molecule has 0 bridgehead atoms. The van der Waals surface area contributed by atoms with Crippen molar-refractivity contribution in [3.05, 3.63) is 90.5 Å². The molecule has 1 aliphatic rings. The van der Waals surface area contributed by atoms with E-state index in [2.05, 4.69) is 31.8 Å². The molecule has 0 aromatic heterocycles. The zero-order chi connectivity index (χ0) is 30.0. The molecule has 5 rings (SSSR count). The molecule has 9 heteroatoms. The molecule has 4 aromatic carbocycles. The summed E-state index contributed by atoms with van der Waals surface area (Å²) in [7, 11) is 1.69. The third-order valence-electron chi connectivity index (χ3n) is 7.54. The Balaban J connectivity index is 1.32. The van der Waals surface area contributed by atoms with Crippen LogP contribution in [0.5, 0.6) is 5.75 Å². The van der Waals surface area contributed by atoms with Crippen molar-refractivity contribution in [2.24, 2.45) is 0 Å². The molecule has 0 atom stereocenters. The number of amides is 3. The van der Waals surface area contributed by atoms with E-state index in [9.17, 15) is 9.59 Å². The summed E-state index contributed by atoms with van der Waals surface area (Å²) in [6.45, 7) is 6.71. The lowest BCUT2D eigenvalue weighted by Gasteiger charge is -2.38. The lowest BCUT2D eigenvalue weighted by Crippen LogP contribution is -2.47. The van der Waals surface area contributed by atoms with E-state index in [1.165, 1.54) is 0 Å². The largest absolute Gasteiger partial charge is 0.495 e. The number of fused-ring (bicyclic) bond motifs is 1. The van der Waals surface area contributed by atoms with Gasteiger partial charge in [0.1, 0.15) is 5.75 Å². The number of hydrogen-bond acceptors (Lipinski definition) is 6. The van der Waals surface area contributed by atoms with Crippen molar-refractivity contribution in [2.75, 3.05) is 73.5 Å².